The minimum absolute atomic E-state index is 0.202. The molecule has 1 unspecified atom stereocenters. The van der Waals surface area contributed by atoms with Gasteiger partial charge in [-0.1, -0.05) is 30.3 Å². The third kappa shape index (κ3) is 2.60. The fraction of sp³-hybridized carbons (Fsp3) is 0.250. The van der Waals surface area contributed by atoms with Crippen LogP contribution >= 0.6 is 0 Å². The van der Waals surface area contributed by atoms with E-state index in [2.05, 4.69) is 4.74 Å². The van der Waals surface area contributed by atoms with Gasteiger partial charge >= 0.3 is 5.97 Å². The summed E-state index contributed by atoms with van der Waals surface area (Å²) in [5.74, 6) is -0.657. The van der Waals surface area contributed by atoms with E-state index < -0.39 is 17.8 Å². The summed E-state index contributed by atoms with van der Waals surface area (Å²) in [4.78, 5) is 25.5. The summed E-state index contributed by atoms with van der Waals surface area (Å²) in [6.45, 7) is 0.583. The molecule has 5 heteroatoms. The molecule has 0 spiro atoms. The van der Waals surface area contributed by atoms with Crippen LogP contribution in [-0.4, -0.2) is 29.8 Å². The van der Waals surface area contributed by atoms with Crippen molar-refractivity contribution < 1.29 is 18.7 Å². The molecule has 1 aliphatic rings. The molecule has 0 aliphatic carbocycles. The smallest absolute Gasteiger partial charge is 0.376 e. The SMILES string of the molecule is COC(=O)C(=O)[C@@H]1[C@@H](c2ccco2)N1Cc1ccccc1. The van der Waals surface area contributed by atoms with Crippen LogP contribution in [0.5, 0.6) is 0 Å². The average molecular weight is 285 g/mol. The van der Waals surface area contributed by atoms with Crippen molar-refractivity contribution in [3.8, 4) is 0 Å². The molecule has 0 saturated carbocycles. The number of nitrogens with zero attached hydrogens (tertiary/aromatic N) is 1. The van der Waals surface area contributed by atoms with Gasteiger partial charge in [-0.2, -0.15) is 0 Å². The number of esters is 1. The Morgan fingerprint density at radius 2 is 1.95 bits per heavy atom. The number of carbonyl (C=O) groups is 2. The molecule has 1 aromatic heterocycles. The maximum Gasteiger partial charge on any atom is 0.376 e. The van der Waals surface area contributed by atoms with E-state index in [1.54, 1.807) is 12.3 Å². The molecule has 1 saturated heterocycles. The molecule has 1 fully saturated rings. The lowest BCUT2D eigenvalue weighted by Crippen LogP contribution is -2.24. The van der Waals surface area contributed by atoms with E-state index >= 15 is 0 Å². The fourth-order valence-electron chi connectivity index (χ4n) is 2.56. The fourth-order valence-corrected chi connectivity index (χ4v) is 2.56. The summed E-state index contributed by atoms with van der Waals surface area (Å²) in [5.41, 5.74) is 1.08. The van der Waals surface area contributed by atoms with E-state index in [4.69, 9.17) is 4.42 Å². The summed E-state index contributed by atoms with van der Waals surface area (Å²) in [7, 11) is 1.21. The van der Waals surface area contributed by atoms with Gasteiger partial charge in [-0.05, 0) is 17.7 Å². The number of furan rings is 1. The highest BCUT2D eigenvalue weighted by Crippen LogP contribution is 2.45. The van der Waals surface area contributed by atoms with Crippen LogP contribution in [-0.2, 0) is 20.9 Å². The van der Waals surface area contributed by atoms with Gasteiger partial charge in [0.1, 0.15) is 11.8 Å². The Balaban J connectivity index is 1.80. The average Bonchev–Trinajstić information content (AvgIpc) is 2.97. The predicted molar refractivity (Wildman–Crippen MR) is 74.2 cm³/mol. The number of carbonyl (C=O) groups excluding carboxylic acids is 2. The first-order valence-electron chi connectivity index (χ1n) is 6.67. The molecule has 1 aliphatic heterocycles. The number of hydrogen-bond acceptors (Lipinski definition) is 5. The van der Waals surface area contributed by atoms with Gasteiger partial charge in [0.2, 0.25) is 0 Å². The van der Waals surface area contributed by atoms with Gasteiger partial charge in [0.25, 0.3) is 5.78 Å². The van der Waals surface area contributed by atoms with E-state index in [0.717, 1.165) is 5.56 Å². The minimum Gasteiger partial charge on any atom is -0.468 e. The van der Waals surface area contributed by atoms with E-state index in [0.29, 0.717) is 12.3 Å². The molecule has 108 valence electrons. The summed E-state index contributed by atoms with van der Waals surface area (Å²) < 4.78 is 9.90. The van der Waals surface area contributed by atoms with Crippen molar-refractivity contribution in [1.82, 2.24) is 4.90 Å². The van der Waals surface area contributed by atoms with Crippen LogP contribution in [0.2, 0.25) is 0 Å². The zero-order chi connectivity index (χ0) is 14.8. The third-order valence-corrected chi connectivity index (χ3v) is 3.62. The molecule has 3 rings (SSSR count). The van der Waals surface area contributed by atoms with E-state index in [1.165, 1.54) is 7.11 Å². The van der Waals surface area contributed by atoms with Crippen molar-refractivity contribution >= 4 is 11.8 Å². The number of benzene rings is 1. The molecular weight excluding hydrogens is 270 g/mol. The maximum absolute atomic E-state index is 12.1. The number of Topliss-reactive ketones (excluding diaryl/α,β-unsaturated/α-hetero) is 1. The molecule has 2 heterocycles. The van der Waals surface area contributed by atoms with Crippen molar-refractivity contribution in [3.63, 3.8) is 0 Å². The molecule has 3 atom stereocenters. The lowest BCUT2D eigenvalue weighted by Gasteiger charge is -2.03. The molecule has 2 aromatic rings. The Kier molecular flexibility index (Phi) is 3.58. The van der Waals surface area contributed by atoms with Crippen LogP contribution in [0.1, 0.15) is 17.4 Å². The number of methoxy groups -OCH3 is 1. The minimum atomic E-state index is -0.813. The molecule has 0 bridgehead atoms. The molecule has 0 N–H and O–H groups in total. The van der Waals surface area contributed by atoms with Crippen LogP contribution in [0.3, 0.4) is 0 Å². The largest absolute Gasteiger partial charge is 0.468 e. The van der Waals surface area contributed by atoms with Gasteiger partial charge in [0.05, 0.1) is 19.4 Å². The molecule has 0 amide bonds. The summed E-state index contributed by atoms with van der Waals surface area (Å²) >= 11 is 0. The van der Waals surface area contributed by atoms with Crippen LogP contribution in [0.4, 0.5) is 0 Å². The second-order valence-corrected chi connectivity index (χ2v) is 4.92. The van der Waals surface area contributed by atoms with Crippen LogP contribution in [0.25, 0.3) is 0 Å². The van der Waals surface area contributed by atoms with Gasteiger partial charge in [0.15, 0.2) is 0 Å². The highest BCUT2D eigenvalue weighted by atomic mass is 16.5. The van der Waals surface area contributed by atoms with Gasteiger partial charge in [-0.15, -0.1) is 0 Å². The van der Waals surface area contributed by atoms with Crippen molar-refractivity contribution in [2.24, 2.45) is 0 Å². The van der Waals surface area contributed by atoms with Crippen molar-refractivity contribution in [3.05, 3.63) is 60.1 Å². The number of hydrogen-bond donors (Lipinski definition) is 0. The van der Waals surface area contributed by atoms with Crippen molar-refractivity contribution in [2.45, 2.75) is 18.6 Å². The standard InChI is InChI=1S/C16H15NO4/c1-20-16(19)15(18)14-13(12-8-5-9-21-12)17(14)10-11-6-3-2-4-7-11/h2-9,13-14H,10H2,1H3/t13-,14+,17?/m1/s1. The monoisotopic (exact) mass is 285 g/mol. The third-order valence-electron chi connectivity index (χ3n) is 3.62. The first kappa shape index (κ1) is 13.6. The van der Waals surface area contributed by atoms with Crippen molar-refractivity contribution in [2.75, 3.05) is 7.11 Å². The molecular formula is C16H15NO4. The molecule has 0 radical (unpaired) electrons. The topological polar surface area (TPSA) is 59.5 Å². The molecule has 1 aromatic carbocycles. The second-order valence-electron chi connectivity index (χ2n) is 4.92. The lowest BCUT2D eigenvalue weighted by molar-refractivity contribution is -0.151. The second kappa shape index (κ2) is 5.54. The van der Waals surface area contributed by atoms with Crippen molar-refractivity contribution in [1.29, 1.82) is 0 Å². The highest BCUT2D eigenvalue weighted by molar-refractivity contribution is 6.36. The van der Waals surface area contributed by atoms with Gasteiger partial charge in [-0.3, -0.25) is 9.69 Å². The Labute approximate surface area is 122 Å². The molecule has 5 nitrogen and oxygen atoms in total. The Bertz CT molecular complexity index is 636. The Morgan fingerprint density at radius 1 is 1.19 bits per heavy atom. The first-order chi connectivity index (χ1) is 10.2. The summed E-state index contributed by atoms with van der Waals surface area (Å²) in [6.07, 6.45) is 1.56. The maximum atomic E-state index is 12.1. The quantitative estimate of drug-likeness (QED) is 0.477. The van der Waals surface area contributed by atoms with Crippen LogP contribution < -0.4 is 0 Å². The predicted octanol–water partition coefficient (Wildman–Crippen LogP) is 1.95. The number of ketones is 1. The summed E-state index contributed by atoms with van der Waals surface area (Å²) in [5, 5.41) is 0. The highest BCUT2D eigenvalue weighted by Gasteiger charge is 2.56. The van der Waals surface area contributed by atoms with Gasteiger partial charge < -0.3 is 9.15 Å². The normalized spacial score (nSPS) is 23.6. The van der Waals surface area contributed by atoms with Crippen LogP contribution in [0.15, 0.2) is 53.1 Å². The zero-order valence-corrected chi connectivity index (χ0v) is 11.6. The molecule has 21 heavy (non-hydrogen) atoms. The van der Waals surface area contributed by atoms with Gasteiger partial charge in [0, 0.05) is 6.54 Å². The number of rotatable bonds is 5. The summed E-state index contributed by atoms with van der Waals surface area (Å²) in [6, 6.07) is 12.7. The van der Waals surface area contributed by atoms with Gasteiger partial charge in [-0.25, -0.2) is 4.79 Å². The zero-order valence-electron chi connectivity index (χ0n) is 11.6. The first-order valence-corrected chi connectivity index (χ1v) is 6.67. The van der Waals surface area contributed by atoms with E-state index in [1.807, 2.05) is 41.3 Å². The van der Waals surface area contributed by atoms with E-state index in [9.17, 15) is 9.59 Å². The Morgan fingerprint density at radius 3 is 2.57 bits per heavy atom. The number of ether oxygens (including phenoxy) is 1. The lowest BCUT2D eigenvalue weighted by atomic mass is 10.2. The Hall–Kier alpha value is -2.40. The van der Waals surface area contributed by atoms with E-state index in [-0.39, 0.29) is 6.04 Å². The van der Waals surface area contributed by atoms with Crippen LogP contribution in [0, 0.1) is 0 Å².